The van der Waals surface area contributed by atoms with E-state index in [1.807, 2.05) is 6.92 Å². The van der Waals surface area contributed by atoms with Gasteiger partial charge in [-0.25, -0.2) is 0 Å². The molecule has 0 aliphatic heterocycles. The Labute approximate surface area is 103 Å². The van der Waals surface area contributed by atoms with E-state index >= 15 is 0 Å². The third-order valence-corrected chi connectivity index (χ3v) is 4.69. The number of allylic oxidation sites excluding steroid dienone is 2. The van der Waals surface area contributed by atoms with Crippen molar-refractivity contribution in [2.45, 2.75) is 52.6 Å². The van der Waals surface area contributed by atoms with E-state index in [1.165, 1.54) is 11.1 Å². The highest BCUT2D eigenvalue weighted by Gasteiger charge is 2.43. The fourth-order valence-corrected chi connectivity index (χ4v) is 3.41. The van der Waals surface area contributed by atoms with Crippen molar-refractivity contribution in [3.8, 4) is 0 Å². The fourth-order valence-electron chi connectivity index (χ4n) is 3.41. The Morgan fingerprint density at radius 2 is 2.18 bits per heavy atom. The van der Waals surface area contributed by atoms with Gasteiger partial charge in [0.2, 0.25) is 0 Å². The van der Waals surface area contributed by atoms with Crippen LogP contribution in [0.2, 0.25) is 0 Å². The van der Waals surface area contributed by atoms with Crippen molar-refractivity contribution in [3.05, 3.63) is 23.3 Å². The first kappa shape index (κ1) is 12.6. The standard InChI is InChI=1S/C15H22O2/c1-9(2)11-5-6-15(4)8-13(16)14(17)10(3)12(15)7-11/h11,13,16H,1,5-8H2,2-4H3/t11-,13+,15+/m1/s1. The van der Waals surface area contributed by atoms with Crippen LogP contribution in [0.3, 0.4) is 0 Å². The number of hydrogen-bond acceptors (Lipinski definition) is 2. The van der Waals surface area contributed by atoms with Gasteiger partial charge < -0.3 is 5.11 Å². The summed E-state index contributed by atoms with van der Waals surface area (Å²) in [6.45, 7) is 10.2. The lowest BCUT2D eigenvalue weighted by Crippen LogP contribution is -2.40. The third kappa shape index (κ3) is 1.99. The van der Waals surface area contributed by atoms with Crippen LogP contribution in [0, 0.1) is 11.3 Å². The van der Waals surface area contributed by atoms with E-state index in [0.29, 0.717) is 12.3 Å². The third-order valence-electron chi connectivity index (χ3n) is 4.69. The number of rotatable bonds is 1. The zero-order valence-electron chi connectivity index (χ0n) is 11.0. The number of aliphatic hydroxyl groups is 1. The molecule has 0 aromatic rings. The molecule has 94 valence electrons. The van der Waals surface area contributed by atoms with Crippen LogP contribution in [0.25, 0.3) is 0 Å². The molecule has 3 atom stereocenters. The van der Waals surface area contributed by atoms with Crippen molar-refractivity contribution in [3.63, 3.8) is 0 Å². The fraction of sp³-hybridized carbons (Fsp3) is 0.667. The smallest absolute Gasteiger partial charge is 0.186 e. The first-order chi connectivity index (χ1) is 7.85. The Bertz CT molecular complexity index is 405. The van der Waals surface area contributed by atoms with E-state index in [2.05, 4.69) is 20.4 Å². The van der Waals surface area contributed by atoms with Gasteiger partial charge in [0.1, 0.15) is 6.10 Å². The van der Waals surface area contributed by atoms with Crippen molar-refractivity contribution in [2.24, 2.45) is 11.3 Å². The largest absolute Gasteiger partial charge is 0.385 e. The van der Waals surface area contributed by atoms with E-state index in [9.17, 15) is 9.90 Å². The predicted octanol–water partition coefficient (Wildman–Crippen LogP) is 3.02. The Kier molecular flexibility index (Phi) is 3.03. The second kappa shape index (κ2) is 4.09. The van der Waals surface area contributed by atoms with Gasteiger partial charge in [0, 0.05) is 0 Å². The van der Waals surface area contributed by atoms with Gasteiger partial charge in [0.15, 0.2) is 5.78 Å². The van der Waals surface area contributed by atoms with Gasteiger partial charge in [0.25, 0.3) is 0 Å². The summed E-state index contributed by atoms with van der Waals surface area (Å²) in [6.07, 6.45) is 2.95. The summed E-state index contributed by atoms with van der Waals surface area (Å²) in [7, 11) is 0. The van der Waals surface area contributed by atoms with E-state index in [4.69, 9.17) is 0 Å². The predicted molar refractivity (Wildman–Crippen MR) is 68.6 cm³/mol. The average Bonchev–Trinajstić information content (AvgIpc) is 2.25. The molecule has 0 amide bonds. The van der Waals surface area contributed by atoms with Crippen LogP contribution in [0.4, 0.5) is 0 Å². The van der Waals surface area contributed by atoms with Gasteiger partial charge >= 0.3 is 0 Å². The number of carbonyl (C=O) groups is 1. The number of aliphatic hydroxyl groups excluding tert-OH is 1. The normalized spacial score (nSPS) is 38.0. The van der Waals surface area contributed by atoms with E-state index in [1.54, 1.807) is 0 Å². The summed E-state index contributed by atoms with van der Waals surface area (Å²) >= 11 is 0. The Morgan fingerprint density at radius 3 is 2.76 bits per heavy atom. The monoisotopic (exact) mass is 234 g/mol. The Morgan fingerprint density at radius 1 is 1.53 bits per heavy atom. The van der Waals surface area contributed by atoms with Crippen molar-refractivity contribution in [1.82, 2.24) is 0 Å². The van der Waals surface area contributed by atoms with E-state index < -0.39 is 6.10 Å². The molecule has 2 aliphatic carbocycles. The molecular weight excluding hydrogens is 212 g/mol. The maximum atomic E-state index is 11.9. The molecule has 1 fully saturated rings. The first-order valence-electron chi connectivity index (χ1n) is 6.43. The molecule has 0 radical (unpaired) electrons. The summed E-state index contributed by atoms with van der Waals surface area (Å²) in [5.74, 6) is 0.441. The van der Waals surface area contributed by atoms with Crippen molar-refractivity contribution >= 4 is 5.78 Å². The lowest BCUT2D eigenvalue weighted by Gasteiger charge is -2.45. The Balaban J connectivity index is 2.38. The molecule has 2 aliphatic rings. The van der Waals surface area contributed by atoms with Crippen molar-refractivity contribution in [2.75, 3.05) is 0 Å². The number of ketones is 1. The molecular formula is C15H22O2. The molecule has 0 aromatic heterocycles. The van der Waals surface area contributed by atoms with Crippen LogP contribution < -0.4 is 0 Å². The molecule has 17 heavy (non-hydrogen) atoms. The van der Waals surface area contributed by atoms with Crippen molar-refractivity contribution in [1.29, 1.82) is 0 Å². The summed E-state index contributed by atoms with van der Waals surface area (Å²) in [4.78, 5) is 11.9. The molecule has 2 rings (SSSR count). The molecule has 0 heterocycles. The summed E-state index contributed by atoms with van der Waals surface area (Å²) < 4.78 is 0. The SMILES string of the molecule is C=C(C)[C@@H]1CC[C@@]2(C)C[C@H](O)C(=O)C(C)=C2C1. The molecule has 0 spiro atoms. The molecule has 0 aromatic carbocycles. The molecule has 1 N–H and O–H groups in total. The minimum absolute atomic E-state index is 0.0311. The zero-order chi connectivity index (χ0) is 12.8. The Hall–Kier alpha value is -0.890. The minimum Gasteiger partial charge on any atom is -0.385 e. The van der Waals surface area contributed by atoms with Crippen LogP contribution in [0.15, 0.2) is 23.3 Å². The minimum atomic E-state index is -0.787. The highest BCUT2D eigenvalue weighted by molar-refractivity contribution is 6.00. The maximum absolute atomic E-state index is 11.9. The topological polar surface area (TPSA) is 37.3 Å². The highest BCUT2D eigenvalue weighted by Crippen LogP contribution is 2.51. The van der Waals surface area contributed by atoms with E-state index in [-0.39, 0.29) is 11.2 Å². The number of carbonyl (C=O) groups excluding carboxylic acids is 1. The molecule has 0 bridgehead atoms. The van der Waals surface area contributed by atoms with Crippen LogP contribution in [0.1, 0.15) is 46.5 Å². The molecule has 0 unspecified atom stereocenters. The summed E-state index contributed by atoms with van der Waals surface area (Å²) in [5.41, 5.74) is 3.32. The van der Waals surface area contributed by atoms with Crippen LogP contribution in [-0.4, -0.2) is 17.0 Å². The van der Waals surface area contributed by atoms with Gasteiger partial charge in [-0.1, -0.05) is 24.6 Å². The number of hydrogen-bond donors (Lipinski definition) is 1. The molecule has 1 saturated carbocycles. The molecule has 2 heteroatoms. The second-order valence-electron chi connectivity index (χ2n) is 6.03. The van der Waals surface area contributed by atoms with Crippen LogP contribution >= 0.6 is 0 Å². The van der Waals surface area contributed by atoms with Gasteiger partial charge in [-0.3, -0.25) is 4.79 Å². The van der Waals surface area contributed by atoms with Gasteiger partial charge in [-0.2, -0.15) is 0 Å². The lowest BCUT2D eigenvalue weighted by molar-refractivity contribution is -0.126. The van der Waals surface area contributed by atoms with Crippen LogP contribution in [-0.2, 0) is 4.79 Å². The quantitative estimate of drug-likeness (QED) is 0.708. The average molecular weight is 234 g/mol. The lowest BCUT2D eigenvalue weighted by atomic mass is 9.60. The second-order valence-corrected chi connectivity index (χ2v) is 6.03. The van der Waals surface area contributed by atoms with Crippen molar-refractivity contribution < 1.29 is 9.90 Å². The summed E-state index contributed by atoms with van der Waals surface area (Å²) in [6, 6.07) is 0. The zero-order valence-corrected chi connectivity index (χ0v) is 11.0. The molecule has 0 saturated heterocycles. The number of fused-ring (bicyclic) bond motifs is 1. The van der Waals surface area contributed by atoms with Gasteiger partial charge in [-0.05, 0) is 56.4 Å². The van der Waals surface area contributed by atoms with E-state index in [0.717, 1.165) is 24.8 Å². The maximum Gasteiger partial charge on any atom is 0.186 e. The molecule has 2 nitrogen and oxygen atoms in total. The summed E-state index contributed by atoms with van der Waals surface area (Å²) in [5, 5.41) is 9.83. The number of Topliss-reactive ketones (excluding diaryl/α,β-unsaturated/α-hetero) is 1. The van der Waals surface area contributed by atoms with Gasteiger partial charge in [0.05, 0.1) is 0 Å². The highest BCUT2D eigenvalue weighted by atomic mass is 16.3. The van der Waals surface area contributed by atoms with Crippen LogP contribution in [0.5, 0.6) is 0 Å². The first-order valence-corrected chi connectivity index (χ1v) is 6.43. The van der Waals surface area contributed by atoms with Gasteiger partial charge in [-0.15, -0.1) is 0 Å².